The molecule has 1 aliphatic rings. The highest BCUT2D eigenvalue weighted by Gasteiger charge is 2.26. The highest BCUT2D eigenvalue weighted by Crippen LogP contribution is 2.35. The fraction of sp³-hybridized carbons (Fsp3) is 0.429. The Labute approximate surface area is 112 Å². The van der Waals surface area contributed by atoms with Crippen molar-refractivity contribution >= 4 is 5.82 Å². The molecule has 0 bridgehead atoms. The summed E-state index contributed by atoms with van der Waals surface area (Å²) in [7, 11) is 0. The number of ether oxygens (including phenoxy) is 1. The average Bonchev–Trinajstić information content (AvgIpc) is 2.95. The molecule has 0 saturated carbocycles. The first-order valence-electron chi connectivity index (χ1n) is 6.57. The van der Waals surface area contributed by atoms with Gasteiger partial charge in [-0.25, -0.2) is 4.68 Å². The van der Waals surface area contributed by atoms with Crippen LogP contribution in [-0.4, -0.2) is 21.6 Å². The molecule has 1 unspecified atom stereocenters. The van der Waals surface area contributed by atoms with Gasteiger partial charge in [0.1, 0.15) is 5.75 Å². The zero-order valence-electron chi connectivity index (χ0n) is 11.2. The second-order valence-electron chi connectivity index (χ2n) is 5.24. The summed E-state index contributed by atoms with van der Waals surface area (Å²) in [6.07, 6.45) is 0. The van der Waals surface area contributed by atoms with Crippen molar-refractivity contribution in [3.63, 3.8) is 0 Å². The molecule has 1 aromatic heterocycles. The predicted octanol–water partition coefficient (Wildman–Crippen LogP) is 2.16. The second kappa shape index (κ2) is 4.57. The van der Waals surface area contributed by atoms with Crippen LogP contribution in [-0.2, 0) is 6.54 Å². The lowest BCUT2D eigenvalue weighted by Crippen LogP contribution is -2.15. The molecule has 100 valence electrons. The normalized spacial score (nSPS) is 17.5. The standard InChI is InChI=1S/C14H18N4O/c1-9(2)13-14(15)16-17-18(13)7-10-8-19-12-6-4-3-5-11(10)12/h3-6,9-10H,7-8,15H2,1-2H3. The van der Waals surface area contributed by atoms with Gasteiger partial charge in [-0.15, -0.1) is 5.10 Å². The van der Waals surface area contributed by atoms with Crippen LogP contribution in [0.2, 0.25) is 0 Å². The summed E-state index contributed by atoms with van der Waals surface area (Å²) >= 11 is 0. The van der Waals surface area contributed by atoms with Crippen LogP contribution in [0.4, 0.5) is 5.82 Å². The smallest absolute Gasteiger partial charge is 0.169 e. The van der Waals surface area contributed by atoms with Crippen LogP contribution in [0.5, 0.6) is 5.75 Å². The molecule has 19 heavy (non-hydrogen) atoms. The summed E-state index contributed by atoms with van der Waals surface area (Å²) in [6.45, 7) is 5.65. The average molecular weight is 258 g/mol. The van der Waals surface area contributed by atoms with E-state index < -0.39 is 0 Å². The van der Waals surface area contributed by atoms with Crippen molar-refractivity contribution in [2.75, 3.05) is 12.3 Å². The lowest BCUT2D eigenvalue weighted by Gasteiger charge is -2.13. The first kappa shape index (κ1) is 12.0. The highest BCUT2D eigenvalue weighted by atomic mass is 16.5. The molecule has 0 spiro atoms. The number of hydrogen-bond donors (Lipinski definition) is 1. The van der Waals surface area contributed by atoms with E-state index in [1.54, 1.807) is 0 Å². The molecule has 2 N–H and O–H groups in total. The third-order valence-electron chi connectivity index (χ3n) is 3.54. The van der Waals surface area contributed by atoms with E-state index in [9.17, 15) is 0 Å². The third-order valence-corrected chi connectivity index (χ3v) is 3.54. The van der Waals surface area contributed by atoms with Gasteiger partial charge in [0.15, 0.2) is 5.82 Å². The minimum absolute atomic E-state index is 0.313. The van der Waals surface area contributed by atoms with Gasteiger partial charge in [-0.3, -0.25) is 0 Å². The van der Waals surface area contributed by atoms with Crippen LogP contribution in [0.25, 0.3) is 0 Å². The molecule has 1 aliphatic heterocycles. The Kier molecular flexibility index (Phi) is 2.89. The van der Waals surface area contributed by atoms with Crippen molar-refractivity contribution in [2.45, 2.75) is 32.2 Å². The molecule has 2 aromatic rings. The van der Waals surface area contributed by atoms with E-state index in [0.717, 1.165) is 18.0 Å². The Hall–Kier alpha value is -2.04. The molecule has 0 amide bonds. The van der Waals surface area contributed by atoms with Gasteiger partial charge in [0.25, 0.3) is 0 Å². The molecular weight excluding hydrogens is 240 g/mol. The zero-order valence-corrected chi connectivity index (χ0v) is 11.2. The third kappa shape index (κ3) is 2.05. The number of rotatable bonds is 3. The van der Waals surface area contributed by atoms with Gasteiger partial charge in [0.2, 0.25) is 0 Å². The van der Waals surface area contributed by atoms with Crippen LogP contribution in [0.15, 0.2) is 24.3 Å². The minimum atomic E-state index is 0.313. The number of nitrogen functional groups attached to an aromatic ring is 1. The Bertz CT molecular complexity index is 591. The van der Waals surface area contributed by atoms with Gasteiger partial charge in [0.05, 0.1) is 18.8 Å². The van der Waals surface area contributed by atoms with Crippen molar-refractivity contribution in [2.24, 2.45) is 0 Å². The van der Waals surface area contributed by atoms with Crippen LogP contribution in [0.3, 0.4) is 0 Å². The van der Waals surface area contributed by atoms with Crippen LogP contribution >= 0.6 is 0 Å². The van der Waals surface area contributed by atoms with Crippen molar-refractivity contribution in [1.82, 2.24) is 15.0 Å². The molecule has 0 saturated heterocycles. The quantitative estimate of drug-likeness (QED) is 0.916. The molecule has 3 rings (SSSR count). The van der Waals surface area contributed by atoms with Gasteiger partial charge in [-0.2, -0.15) is 0 Å². The Morgan fingerprint density at radius 1 is 1.42 bits per heavy atom. The summed E-state index contributed by atoms with van der Waals surface area (Å²) in [4.78, 5) is 0. The number of benzene rings is 1. The van der Waals surface area contributed by atoms with Crippen LogP contribution < -0.4 is 10.5 Å². The maximum Gasteiger partial charge on any atom is 0.169 e. The van der Waals surface area contributed by atoms with Gasteiger partial charge in [0, 0.05) is 11.5 Å². The molecular formula is C14H18N4O. The SMILES string of the molecule is CC(C)c1c(N)nnn1CC1COc2ccccc21. The predicted molar refractivity (Wildman–Crippen MR) is 73.2 cm³/mol. The molecule has 0 radical (unpaired) electrons. The summed E-state index contributed by atoms with van der Waals surface area (Å²) in [5.41, 5.74) is 8.13. The molecule has 2 heterocycles. The first-order valence-corrected chi connectivity index (χ1v) is 6.57. The van der Waals surface area contributed by atoms with Gasteiger partial charge >= 0.3 is 0 Å². The number of hydrogen-bond acceptors (Lipinski definition) is 4. The number of nitrogens with two attached hydrogens (primary N) is 1. The molecule has 5 heteroatoms. The van der Waals surface area contributed by atoms with Crippen molar-refractivity contribution < 1.29 is 4.74 Å². The summed E-state index contributed by atoms with van der Waals surface area (Å²) in [5.74, 6) is 2.14. The van der Waals surface area contributed by atoms with E-state index in [4.69, 9.17) is 10.5 Å². The van der Waals surface area contributed by atoms with Gasteiger partial charge in [-0.05, 0) is 12.0 Å². The van der Waals surface area contributed by atoms with Crippen molar-refractivity contribution in [3.8, 4) is 5.75 Å². The van der Waals surface area contributed by atoms with Crippen LogP contribution in [0, 0.1) is 0 Å². The molecule has 0 fully saturated rings. The topological polar surface area (TPSA) is 66.0 Å². The van der Waals surface area contributed by atoms with Gasteiger partial charge in [-0.1, -0.05) is 37.3 Å². The number of aromatic nitrogens is 3. The summed E-state index contributed by atoms with van der Waals surface area (Å²) < 4.78 is 7.61. The molecule has 5 nitrogen and oxygen atoms in total. The van der Waals surface area contributed by atoms with E-state index >= 15 is 0 Å². The Morgan fingerprint density at radius 3 is 3.00 bits per heavy atom. The Morgan fingerprint density at radius 2 is 2.21 bits per heavy atom. The Balaban J connectivity index is 1.88. The van der Waals surface area contributed by atoms with E-state index in [1.165, 1.54) is 5.56 Å². The number of para-hydroxylation sites is 1. The summed E-state index contributed by atoms with van der Waals surface area (Å²) in [6, 6.07) is 8.16. The lowest BCUT2D eigenvalue weighted by atomic mass is 10.0. The van der Waals surface area contributed by atoms with E-state index in [2.05, 4.69) is 30.2 Å². The van der Waals surface area contributed by atoms with Crippen molar-refractivity contribution in [3.05, 3.63) is 35.5 Å². The fourth-order valence-corrected chi connectivity index (χ4v) is 2.65. The number of anilines is 1. The fourth-order valence-electron chi connectivity index (χ4n) is 2.65. The number of nitrogens with zero attached hydrogens (tertiary/aromatic N) is 3. The molecule has 1 atom stereocenters. The highest BCUT2D eigenvalue weighted by molar-refractivity contribution is 5.40. The molecule has 0 aliphatic carbocycles. The summed E-state index contributed by atoms with van der Waals surface area (Å²) in [5, 5.41) is 8.15. The van der Waals surface area contributed by atoms with E-state index in [-0.39, 0.29) is 0 Å². The van der Waals surface area contributed by atoms with Crippen LogP contribution in [0.1, 0.15) is 36.9 Å². The lowest BCUT2D eigenvalue weighted by molar-refractivity contribution is 0.312. The van der Waals surface area contributed by atoms with Crippen molar-refractivity contribution in [1.29, 1.82) is 0 Å². The minimum Gasteiger partial charge on any atom is -0.493 e. The van der Waals surface area contributed by atoms with E-state index in [1.807, 2.05) is 22.9 Å². The molecule has 1 aromatic carbocycles. The van der Waals surface area contributed by atoms with E-state index in [0.29, 0.717) is 24.3 Å². The second-order valence-corrected chi connectivity index (χ2v) is 5.24. The largest absolute Gasteiger partial charge is 0.493 e. The zero-order chi connectivity index (χ0) is 13.4. The maximum atomic E-state index is 5.89. The first-order chi connectivity index (χ1) is 9.16. The maximum absolute atomic E-state index is 5.89. The monoisotopic (exact) mass is 258 g/mol. The van der Waals surface area contributed by atoms with Gasteiger partial charge < -0.3 is 10.5 Å². The number of fused-ring (bicyclic) bond motifs is 1.